The van der Waals surface area contributed by atoms with Crippen LogP contribution >= 0.6 is 11.6 Å². The van der Waals surface area contributed by atoms with E-state index in [9.17, 15) is 19.8 Å². The van der Waals surface area contributed by atoms with Crippen LogP contribution in [0.5, 0.6) is 5.75 Å². The monoisotopic (exact) mass is 512 g/mol. The second-order valence-electron chi connectivity index (χ2n) is 12.2. The quantitative estimate of drug-likeness (QED) is 0.516. The average Bonchev–Trinajstić information content (AvgIpc) is 2.74. The van der Waals surface area contributed by atoms with Crippen molar-refractivity contribution in [3.8, 4) is 5.75 Å². The minimum atomic E-state index is -0.915. The minimum absolute atomic E-state index is 0.0711. The first-order valence-electron chi connectivity index (χ1n) is 12.7. The number of aliphatic hydroxyl groups is 2. The van der Waals surface area contributed by atoms with E-state index in [2.05, 4.69) is 0 Å². The molecule has 2 fully saturated rings. The maximum Gasteiger partial charge on any atom is 0.139 e. The molecule has 2 aromatic rings. The molecule has 0 heterocycles. The molecule has 5 nitrogen and oxygen atoms in total. The average molecular weight is 513 g/mol. The summed E-state index contributed by atoms with van der Waals surface area (Å²) in [7, 11) is 0. The van der Waals surface area contributed by atoms with Gasteiger partial charge in [0.1, 0.15) is 23.9 Å². The Labute approximate surface area is 218 Å². The summed E-state index contributed by atoms with van der Waals surface area (Å²) >= 11 is 6.14. The van der Waals surface area contributed by atoms with E-state index in [0.29, 0.717) is 42.0 Å². The summed E-state index contributed by atoms with van der Waals surface area (Å²) < 4.78 is 6.22. The standard InChI is InChI=1S/C30H37ClO5/c1-29(2)13-21(32)27(22(33)14-29)26(28-23(34)15-30(3,4)16-24(28)35)20-10-5-6-11-25(20)36-17-18-8-7-9-19(31)12-18/h5-12,21,23,26-28,32,34H,13-17H2,1-4H3/t21-,23-,26?,27-,28+/m1/s1. The van der Waals surface area contributed by atoms with E-state index in [-0.39, 0.29) is 29.0 Å². The molecule has 5 atom stereocenters. The molecule has 0 aliphatic heterocycles. The molecule has 2 aliphatic carbocycles. The van der Waals surface area contributed by atoms with Crippen LogP contribution in [0.2, 0.25) is 5.02 Å². The summed E-state index contributed by atoms with van der Waals surface area (Å²) in [5.74, 6) is -1.87. The van der Waals surface area contributed by atoms with Crippen LogP contribution in [0.4, 0.5) is 0 Å². The van der Waals surface area contributed by atoms with Crippen LogP contribution in [0.15, 0.2) is 48.5 Å². The number of hydrogen-bond acceptors (Lipinski definition) is 5. The maximum atomic E-state index is 13.5. The first-order valence-corrected chi connectivity index (χ1v) is 13.1. The largest absolute Gasteiger partial charge is 0.489 e. The molecule has 6 heteroatoms. The summed E-state index contributed by atoms with van der Waals surface area (Å²) in [5.41, 5.74) is 0.919. The van der Waals surface area contributed by atoms with E-state index in [1.807, 2.05) is 70.2 Å². The number of carbonyl (C=O) groups is 2. The Hall–Kier alpha value is -2.21. The van der Waals surface area contributed by atoms with Gasteiger partial charge in [-0.2, -0.15) is 0 Å². The lowest BCUT2D eigenvalue weighted by molar-refractivity contribution is -0.144. The Morgan fingerprint density at radius 3 is 1.97 bits per heavy atom. The number of hydrogen-bond donors (Lipinski definition) is 2. The summed E-state index contributed by atoms with van der Waals surface area (Å²) in [4.78, 5) is 27.1. The number of benzene rings is 2. The van der Waals surface area contributed by atoms with E-state index in [1.54, 1.807) is 6.07 Å². The van der Waals surface area contributed by atoms with E-state index >= 15 is 0 Å². The van der Waals surface area contributed by atoms with Crippen LogP contribution in [-0.2, 0) is 16.2 Å². The molecule has 4 rings (SSSR count). The lowest BCUT2D eigenvalue weighted by Gasteiger charge is -2.46. The number of para-hydroxylation sites is 1. The van der Waals surface area contributed by atoms with E-state index in [1.165, 1.54) is 0 Å². The molecule has 36 heavy (non-hydrogen) atoms. The fourth-order valence-corrected chi connectivity index (χ4v) is 6.52. The minimum Gasteiger partial charge on any atom is -0.489 e. The van der Waals surface area contributed by atoms with Gasteiger partial charge in [0, 0.05) is 23.8 Å². The van der Waals surface area contributed by atoms with Gasteiger partial charge in [0.25, 0.3) is 0 Å². The SMILES string of the molecule is CC1(C)CC(=O)[C@H](C(c2ccccc2OCc2cccc(Cl)c2)[C@@H]2C(=O)CC(C)(C)C[C@H]2O)[C@H](O)C1. The molecule has 0 spiro atoms. The van der Waals surface area contributed by atoms with Crippen LogP contribution in [0.1, 0.15) is 70.4 Å². The van der Waals surface area contributed by atoms with Crippen molar-refractivity contribution in [2.24, 2.45) is 22.7 Å². The summed E-state index contributed by atoms with van der Waals surface area (Å²) in [5, 5.41) is 23.2. The smallest absolute Gasteiger partial charge is 0.139 e. The molecule has 2 N–H and O–H groups in total. The first kappa shape index (κ1) is 26.8. The molecule has 0 bridgehead atoms. The van der Waals surface area contributed by atoms with Crippen LogP contribution in [0, 0.1) is 22.7 Å². The summed E-state index contributed by atoms with van der Waals surface area (Å²) in [6.45, 7) is 8.16. The van der Waals surface area contributed by atoms with E-state index in [4.69, 9.17) is 16.3 Å². The van der Waals surface area contributed by atoms with Crippen molar-refractivity contribution in [3.05, 3.63) is 64.7 Å². The topological polar surface area (TPSA) is 83.8 Å². The third kappa shape index (κ3) is 5.85. The maximum absolute atomic E-state index is 13.5. The molecule has 0 saturated heterocycles. The van der Waals surface area contributed by atoms with Crippen molar-refractivity contribution in [1.82, 2.24) is 0 Å². The highest BCUT2D eigenvalue weighted by atomic mass is 35.5. The van der Waals surface area contributed by atoms with Gasteiger partial charge in [0.15, 0.2) is 0 Å². The Morgan fingerprint density at radius 2 is 1.44 bits per heavy atom. The van der Waals surface area contributed by atoms with Crippen LogP contribution < -0.4 is 4.74 Å². The molecule has 2 aliphatic rings. The Balaban J connectivity index is 1.76. The van der Waals surface area contributed by atoms with E-state index < -0.39 is 30.0 Å². The second kappa shape index (κ2) is 10.3. The normalized spacial score (nSPS) is 28.5. The fraction of sp³-hybridized carbons (Fsp3) is 0.533. The van der Waals surface area contributed by atoms with Gasteiger partial charge in [0.2, 0.25) is 0 Å². The first-order chi connectivity index (χ1) is 16.9. The zero-order valence-corrected chi connectivity index (χ0v) is 22.3. The van der Waals surface area contributed by atoms with Gasteiger partial charge in [0.05, 0.1) is 24.0 Å². The van der Waals surface area contributed by atoms with Crippen LogP contribution in [0.3, 0.4) is 0 Å². The van der Waals surface area contributed by atoms with Crippen molar-refractivity contribution in [2.45, 2.75) is 78.1 Å². The second-order valence-corrected chi connectivity index (χ2v) is 12.6. The van der Waals surface area contributed by atoms with E-state index in [0.717, 1.165) is 5.56 Å². The molecule has 194 valence electrons. The molecule has 2 saturated carbocycles. The molecule has 0 radical (unpaired) electrons. The van der Waals surface area contributed by atoms with Gasteiger partial charge in [-0.3, -0.25) is 9.59 Å². The number of carbonyl (C=O) groups excluding carboxylic acids is 2. The number of Topliss-reactive ketones (excluding diaryl/α,β-unsaturated/α-hetero) is 2. The number of rotatable bonds is 6. The van der Waals surface area contributed by atoms with Gasteiger partial charge in [-0.15, -0.1) is 0 Å². The van der Waals surface area contributed by atoms with Crippen molar-refractivity contribution in [2.75, 3.05) is 0 Å². The molecule has 0 amide bonds. The summed E-state index contributed by atoms with van der Waals surface area (Å²) in [6, 6.07) is 14.8. The lowest BCUT2D eigenvalue weighted by Crippen LogP contribution is -2.51. The van der Waals surface area contributed by atoms with Gasteiger partial charge in [-0.05, 0) is 53.0 Å². The number of halogens is 1. The van der Waals surface area contributed by atoms with Crippen molar-refractivity contribution < 1.29 is 24.5 Å². The Morgan fingerprint density at radius 1 is 0.889 bits per heavy atom. The van der Waals surface area contributed by atoms with Crippen molar-refractivity contribution in [1.29, 1.82) is 0 Å². The predicted molar refractivity (Wildman–Crippen MR) is 140 cm³/mol. The van der Waals surface area contributed by atoms with Crippen LogP contribution in [-0.4, -0.2) is 34.0 Å². The zero-order valence-electron chi connectivity index (χ0n) is 21.5. The lowest BCUT2D eigenvalue weighted by atomic mass is 9.58. The summed E-state index contributed by atoms with van der Waals surface area (Å²) in [6.07, 6.45) is -0.287. The highest BCUT2D eigenvalue weighted by Crippen LogP contribution is 2.51. The fourth-order valence-electron chi connectivity index (χ4n) is 6.30. The number of aliphatic hydroxyl groups excluding tert-OH is 2. The number of ether oxygens (including phenoxy) is 1. The zero-order chi connectivity index (χ0) is 26.3. The van der Waals surface area contributed by atoms with Crippen LogP contribution in [0.25, 0.3) is 0 Å². The number of ketones is 2. The Bertz CT molecular complexity index is 1080. The van der Waals surface area contributed by atoms with Gasteiger partial charge in [-0.25, -0.2) is 0 Å². The molecule has 1 unspecified atom stereocenters. The predicted octanol–water partition coefficient (Wildman–Crippen LogP) is 5.74. The van der Waals surface area contributed by atoms with Gasteiger partial charge in [-0.1, -0.05) is 69.6 Å². The van der Waals surface area contributed by atoms with Crippen molar-refractivity contribution >= 4 is 23.2 Å². The van der Waals surface area contributed by atoms with Gasteiger partial charge >= 0.3 is 0 Å². The molecule has 0 aromatic heterocycles. The highest BCUT2D eigenvalue weighted by Gasteiger charge is 2.52. The molecular formula is C30H37ClO5. The molecular weight excluding hydrogens is 476 g/mol. The third-order valence-corrected chi connectivity index (χ3v) is 7.97. The molecule has 2 aromatic carbocycles. The highest BCUT2D eigenvalue weighted by molar-refractivity contribution is 6.30. The Kier molecular flexibility index (Phi) is 7.66. The van der Waals surface area contributed by atoms with Gasteiger partial charge < -0.3 is 14.9 Å². The third-order valence-electron chi connectivity index (χ3n) is 7.74. The van der Waals surface area contributed by atoms with Crippen molar-refractivity contribution in [3.63, 3.8) is 0 Å².